The molecule has 1 aliphatic heterocycles. The van der Waals surface area contributed by atoms with Crippen molar-refractivity contribution < 1.29 is 4.74 Å². The van der Waals surface area contributed by atoms with Crippen LogP contribution < -0.4 is 19.4 Å². The predicted octanol–water partition coefficient (Wildman–Crippen LogP) is 4.56. The van der Waals surface area contributed by atoms with E-state index in [0.717, 1.165) is 60.2 Å². The Morgan fingerprint density at radius 2 is 1.71 bits per heavy atom. The van der Waals surface area contributed by atoms with E-state index in [1.54, 1.807) is 7.11 Å². The number of methoxy groups -OCH3 is 1. The van der Waals surface area contributed by atoms with E-state index in [1.807, 2.05) is 18.2 Å². The molecule has 31 heavy (non-hydrogen) atoms. The summed E-state index contributed by atoms with van der Waals surface area (Å²) in [5.74, 6) is 3.41. The molecule has 0 radical (unpaired) electrons. The van der Waals surface area contributed by atoms with Gasteiger partial charge in [-0.25, -0.2) is 9.97 Å². The number of benzene rings is 2. The van der Waals surface area contributed by atoms with E-state index < -0.39 is 0 Å². The summed E-state index contributed by atoms with van der Waals surface area (Å²) in [5.41, 5.74) is 3.30. The standard InChI is InChI=1S/C24H28ClN5O/c1-28(2)18-7-8-20-19(15-18)24(27-23(26-20)16-4-5-16)30-12-10-29(11-13-30)21-9-6-17(25)14-22(21)31-3/h6-9,14-16H,4-5,10-13H2,1-3H3. The minimum Gasteiger partial charge on any atom is -0.495 e. The number of fused-ring (bicyclic) bond motifs is 1. The van der Waals surface area contributed by atoms with Crippen LogP contribution in [0.1, 0.15) is 24.6 Å². The van der Waals surface area contributed by atoms with Gasteiger partial charge in [-0.1, -0.05) is 11.6 Å². The fourth-order valence-corrected chi connectivity index (χ4v) is 4.40. The fourth-order valence-electron chi connectivity index (χ4n) is 4.23. The van der Waals surface area contributed by atoms with Gasteiger partial charge in [0.1, 0.15) is 17.4 Å². The summed E-state index contributed by atoms with van der Waals surface area (Å²) in [6, 6.07) is 12.3. The third-order valence-corrected chi connectivity index (χ3v) is 6.43. The van der Waals surface area contributed by atoms with Crippen molar-refractivity contribution in [2.24, 2.45) is 0 Å². The maximum absolute atomic E-state index is 6.15. The van der Waals surface area contributed by atoms with Gasteiger partial charge in [0, 0.05) is 68.4 Å². The highest BCUT2D eigenvalue weighted by atomic mass is 35.5. The Morgan fingerprint density at radius 1 is 0.968 bits per heavy atom. The molecule has 0 N–H and O–H groups in total. The van der Waals surface area contributed by atoms with Gasteiger partial charge in [-0.05, 0) is 43.2 Å². The van der Waals surface area contributed by atoms with Crippen LogP contribution in [-0.2, 0) is 0 Å². The van der Waals surface area contributed by atoms with Crippen LogP contribution in [0.25, 0.3) is 10.9 Å². The number of ether oxygens (including phenoxy) is 1. The third kappa shape index (κ3) is 3.97. The van der Waals surface area contributed by atoms with E-state index >= 15 is 0 Å². The minimum absolute atomic E-state index is 0.524. The summed E-state index contributed by atoms with van der Waals surface area (Å²) in [6.07, 6.45) is 2.40. The van der Waals surface area contributed by atoms with Crippen LogP contribution in [0.5, 0.6) is 5.75 Å². The summed E-state index contributed by atoms with van der Waals surface area (Å²) in [5, 5.41) is 1.82. The molecule has 0 spiro atoms. The molecule has 1 saturated heterocycles. The average Bonchev–Trinajstić information content (AvgIpc) is 3.63. The van der Waals surface area contributed by atoms with Gasteiger partial charge in [0.15, 0.2) is 0 Å². The van der Waals surface area contributed by atoms with Crippen molar-refractivity contribution in [2.75, 3.05) is 62.1 Å². The van der Waals surface area contributed by atoms with Crippen LogP contribution in [0.4, 0.5) is 17.2 Å². The summed E-state index contributed by atoms with van der Waals surface area (Å²) < 4.78 is 5.57. The lowest BCUT2D eigenvalue weighted by Gasteiger charge is -2.37. The molecule has 1 aliphatic carbocycles. The number of nitrogens with zero attached hydrogens (tertiary/aromatic N) is 5. The Bertz CT molecular complexity index is 1110. The van der Waals surface area contributed by atoms with Gasteiger partial charge >= 0.3 is 0 Å². The summed E-state index contributed by atoms with van der Waals surface area (Å²) in [4.78, 5) is 16.9. The first-order valence-electron chi connectivity index (χ1n) is 10.9. The first-order chi connectivity index (χ1) is 15.0. The highest BCUT2D eigenvalue weighted by Crippen LogP contribution is 2.40. The van der Waals surface area contributed by atoms with Crippen LogP contribution in [0.15, 0.2) is 36.4 Å². The number of piperazine rings is 1. The fraction of sp³-hybridized carbons (Fsp3) is 0.417. The Balaban J connectivity index is 1.45. The summed E-state index contributed by atoms with van der Waals surface area (Å²) in [7, 11) is 5.83. The second-order valence-electron chi connectivity index (χ2n) is 8.57. The zero-order chi connectivity index (χ0) is 21.5. The van der Waals surface area contributed by atoms with E-state index in [9.17, 15) is 0 Å². The minimum atomic E-state index is 0.524. The maximum Gasteiger partial charge on any atom is 0.143 e. The lowest BCUT2D eigenvalue weighted by Crippen LogP contribution is -2.47. The molecular weight excluding hydrogens is 410 g/mol. The van der Waals surface area contributed by atoms with Gasteiger partial charge in [-0.15, -0.1) is 0 Å². The van der Waals surface area contributed by atoms with Gasteiger partial charge in [0.05, 0.1) is 18.3 Å². The molecule has 2 aromatic carbocycles. The van der Waals surface area contributed by atoms with E-state index in [4.69, 9.17) is 26.3 Å². The van der Waals surface area contributed by atoms with Crippen LogP contribution >= 0.6 is 11.6 Å². The van der Waals surface area contributed by atoms with Crippen LogP contribution in [0, 0.1) is 0 Å². The summed E-state index contributed by atoms with van der Waals surface area (Å²) in [6.45, 7) is 3.59. The van der Waals surface area contributed by atoms with E-state index in [1.165, 1.54) is 18.5 Å². The smallest absolute Gasteiger partial charge is 0.143 e. The highest BCUT2D eigenvalue weighted by Gasteiger charge is 2.29. The Labute approximate surface area is 188 Å². The lowest BCUT2D eigenvalue weighted by atomic mass is 10.1. The zero-order valence-electron chi connectivity index (χ0n) is 18.3. The molecule has 3 aromatic rings. The van der Waals surface area contributed by atoms with Gasteiger partial charge < -0.3 is 19.4 Å². The second-order valence-corrected chi connectivity index (χ2v) is 9.00. The number of hydrogen-bond acceptors (Lipinski definition) is 6. The van der Waals surface area contributed by atoms with E-state index in [2.05, 4.69) is 47.0 Å². The molecule has 5 rings (SSSR count). The van der Waals surface area contributed by atoms with Gasteiger partial charge in [-0.2, -0.15) is 0 Å². The monoisotopic (exact) mass is 437 g/mol. The van der Waals surface area contributed by atoms with Crippen molar-refractivity contribution in [1.29, 1.82) is 0 Å². The van der Waals surface area contributed by atoms with Crippen LogP contribution in [0.2, 0.25) is 5.02 Å². The molecule has 0 atom stereocenters. The maximum atomic E-state index is 6.15. The topological polar surface area (TPSA) is 44.7 Å². The number of halogens is 1. The van der Waals surface area contributed by atoms with Crippen molar-refractivity contribution in [3.8, 4) is 5.75 Å². The van der Waals surface area contributed by atoms with E-state index in [0.29, 0.717) is 10.9 Å². The lowest BCUT2D eigenvalue weighted by molar-refractivity contribution is 0.413. The van der Waals surface area contributed by atoms with Crippen LogP contribution in [0.3, 0.4) is 0 Å². The van der Waals surface area contributed by atoms with E-state index in [-0.39, 0.29) is 0 Å². The molecule has 2 heterocycles. The third-order valence-electron chi connectivity index (χ3n) is 6.20. The normalized spacial score (nSPS) is 16.6. The molecule has 1 saturated carbocycles. The zero-order valence-corrected chi connectivity index (χ0v) is 19.1. The molecule has 7 heteroatoms. The first-order valence-corrected chi connectivity index (χ1v) is 11.2. The second kappa shape index (κ2) is 8.08. The molecule has 6 nitrogen and oxygen atoms in total. The molecule has 0 bridgehead atoms. The van der Waals surface area contributed by atoms with Crippen LogP contribution in [-0.4, -0.2) is 57.4 Å². The summed E-state index contributed by atoms with van der Waals surface area (Å²) >= 11 is 6.15. The van der Waals surface area contributed by atoms with Gasteiger partial charge in [0.2, 0.25) is 0 Å². The van der Waals surface area contributed by atoms with Gasteiger partial charge in [-0.3, -0.25) is 0 Å². The van der Waals surface area contributed by atoms with Crippen molar-refractivity contribution in [1.82, 2.24) is 9.97 Å². The molecule has 0 unspecified atom stereocenters. The Kier molecular flexibility index (Phi) is 5.26. The SMILES string of the molecule is COc1cc(Cl)ccc1N1CCN(c2nc(C3CC3)nc3ccc(N(C)C)cc23)CC1. The molecule has 2 aliphatic rings. The molecule has 1 aromatic heterocycles. The van der Waals surface area contributed by atoms with Gasteiger partial charge in [0.25, 0.3) is 0 Å². The number of hydrogen-bond donors (Lipinski definition) is 0. The Hall–Kier alpha value is -2.73. The number of rotatable bonds is 5. The average molecular weight is 438 g/mol. The van der Waals surface area contributed by atoms with Crippen molar-refractivity contribution in [2.45, 2.75) is 18.8 Å². The predicted molar refractivity (Wildman–Crippen MR) is 128 cm³/mol. The Morgan fingerprint density at radius 3 is 2.39 bits per heavy atom. The van der Waals surface area contributed by atoms with Crippen molar-refractivity contribution in [3.05, 3.63) is 47.2 Å². The highest BCUT2D eigenvalue weighted by molar-refractivity contribution is 6.30. The van der Waals surface area contributed by atoms with Crippen molar-refractivity contribution >= 4 is 39.7 Å². The molecule has 162 valence electrons. The first kappa shape index (κ1) is 20.2. The molecular formula is C24H28ClN5O. The largest absolute Gasteiger partial charge is 0.495 e. The molecule has 0 amide bonds. The van der Waals surface area contributed by atoms with Crippen molar-refractivity contribution in [3.63, 3.8) is 0 Å². The number of aromatic nitrogens is 2. The molecule has 2 fully saturated rings. The number of anilines is 3. The quantitative estimate of drug-likeness (QED) is 0.583.